The Morgan fingerprint density at radius 2 is 1.76 bits per heavy atom. The van der Waals surface area contributed by atoms with Crippen LogP contribution in [0.4, 0.5) is 0 Å². The maximum atomic E-state index is 13.4. The molecule has 0 saturated carbocycles. The molecule has 0 aromatic heterocycles. The summed E-state index contributed by atoms with van der Waals surface area (Å²) in [7, 11) is 0. The van der Waals surface area contributed by atoms with Crippen LogP contribution in [0, 0.1) is 6.92 Å². The standard InChI is InChI=1S/C31H40N2O4/c1-8-19-37-25-16-13-23(20-21(25)4)28(34)26-27(22-11-14-24(15-12-22)31(5,6)7)33(30(36)29(26)35)18-17-32(9-2)10-3/h8,11-16,20,27,34H,1,9-10,17-19H2,2-7H3/t27-/m1/s1. The molecule has 1 fully saturated rings. The van der Waals surface area contributed by atoms with Gasteiger partial charge in [0, 0.05) is 18.7 Å². The second kappa shape index (κ2) is 11.8. The number of hydrogen-bond acceptors (Lipinski definition) is 5. The number of ketones is 1. The van der Waals surface area contributed by atoms with E-state index >= 15 is 0 Å². The predicted molar refractivity (Wildman–Crippen MR) is 149 cm³/mol. The molecular weight excluding hydrogens is 464 g/mol. The molecule has 1 aliphatic rings. The number of aryl methyl sites for hydroxylation is 1. The van der Waals surface area contributed by atoms with Gasteiger partial charge in [-0.15, -0.1) is 0 Å². The van der Waals surface area contributed by atoms with Gasteiger partial charge in [-0.05, 0) is 60.3 Å². The number of amides is 1. The van der Waals surface area contributed by atoms with E-state index in [2.05, 4.69) is 46.1 Å². The number of likely N-dealkylation sites (N-methyl/N-ethyl adjacent to an activating group) is 1. The second-order valence-electron chi connectivity index (χ2n) is 10.5. The highest BCUT2D eigenvalue weighted by Gasteiger charge is 2.46. The van der Waals surface area contributed by atoms with E-state index in [4.69, 9.17) is 4.74 Å². The van der Waals surface area contributed by atoms with Crippen LogP contribution in [0.5, 0.6) is 5.75 Å². The molecule has 6 heteroatoms. The van der Waals surface area contributed by atoms with E-state index in [0.29, 0.717) is 31.0 Å². The fourth-order valence-corrected chi connectivity index (χ4v) is 4.67. The van der Waals surface area contributed by atoms with E-state index in [-0.39, 0.29) is 16.7 Å². The van der Waals surface area contributed by atoms with Crippen LogP contribution in [-0.4, -0.2) is 59.4 Å². The summed E-state index contributed by atoms with van der Waals surface area (Å²) in [6.45, 7) is 19.2. The molecule has 0 bridgehead atoms. The molecule has 0 spiro atoms. The molecule has 1 N–H and O–H groups in total. The molecule has 1 aliphatic heterocycles. The molecule has 1 saturated heterocycles. The number of ether oxygens (including phenoxy) is 1. The van der Waals surface area contributed by atoms with Crippen molar-refractivity contribution < 1.29 is 19.4 Å². The third-order valence-electron chi connectivity index (χ3n) is 6.99. The van der Waals surface area contributed by atoms with Crippen molar-refractivity contribution in [2.45, 2.75) is 53.0 Å². The Bertz CT molecular complexity index is 1170. The fourth-order valence-electron chi connectivity index (χ4n) is 4.67. The van der Waals surface area contributed by atoms with Gasteiger partial charge in [-0.1, -0.05) is 71.5 Å². The van der Waals surface area contributed by atoms with Crippen molar-refractivity contribution in [3.63, 3.8) is 0 Å². The average Bonchev–Trinajstić information content (AvgIpc) is 3.12. The lowest BCUT2D eigenvalue weighted by Crippen LogP contribution is -2.38. The third kappa shape index (κ3) is 6.13. The molecule has 198 valence electrons. The number of hydrogen-bond donors (Lipinski definition) is 1. The molecule has 2 aromatic rings. The van der Waals surface area contributed by atoms with Crippen molar-refractivity contribution in [3.05, 3.63) is 82.9 Å². The molecule has 0 radical (unpaired) electrons. The van der Waals surface area contributed by atoms with Crippen molar-refractivity contribution in [1.82, 2.24) is 9.80 Å². The second-order valence-corrected chi connectivity index (χ2v) is 10.5. The van der Waals surface area contributed by atoms with Crippen molar-refractivity contribution >= 4 is 17.4 Å². The number of nitrogens with zero attached hydrogens (tertiary/aromatic N) is 2. The van der Waals surface area contributed by atoms with Crippen LogP contribution >= 0.6 is 0 Å². The van der Waals surface area contributed by atoms with Gasteiger partial charge in [0.1, 0.15) is 18.1 Å². The molecule has 1 atom stereocenters. The minimum absolute atomic E-state index is 0.0317. The zero-order valence-corrected chi connectivity index (χ0v) is 23.0. The van der Waals surface area contributed by atoms with Crippen LogP contribution in [-0.2, 0) is 15.0 Å². The quantitative estimate of drug-likeness (QED) is 0.197. The van der Waals surface area contributed by atoms with E-state index in [0.717, 1.165) is 29.8 Å². The van der Waals surface area contributed by atoms with Crippen molar-refractivity contribution in [2.24, 2.45) is 0 Å². The predicted octanol–water partition coefficient (Wildman–Crippen LogP) is 5.62. The lowest BCUT2D eigenvalue weighted by Gasteiger charge is -2.28. The van der Waals surface area contributed by atoms with Crippen LogP contribution in [0.25, 0.3) is 5.76 Å². The SMILES string of the molecule is C=CCOc1ccc(C(O)=C2C(=O)C(=O)N(CCN(CC)CC)[C@@H]2c2ccc(C(C)(C)C)cc2)cc1C. The first-order chi connectivity index (χ1) is 17.5. The zero-order chi connectivity index (χ0) is 27.3. The maximum Gasteiger partial charge on any atom is 0.295 e. The van der Waals surface area contributed by atoms with Gasteiger partial charge in [-0.2, -0.15) is 0 Å². The summed E-state index contributed by atoms with van der Waals surface area (Å²) in [5.74, 6) is -0.745. The summed E-state index contributed by atoms with van der Waals surface area (Å²) in [4.78, 5) is 30.4. The first-order valence-electron chi connectivity index (χ1n) is 13.0. The number of benzene rings is 2. The van der Waals surface area contributed by atoms with Gasteiger partial charge in [0.15, 0.2) is 0 Å². The summed E-state index contributed by atoms with van der Waals surface area (Å²) in [6.07, 6.45) is 1.66. The molecule has 3 rings (SSSR count). The molecule has 37 heavy (non-hydrogen) atoms. The van der Waals surface area contributed by atoms with Crippen molar-refractivity contribution in [1.29, 1.82) is 0 Å². The summed E-state index contributed by atoms with van der Waals surface area (Å²) in [6, 6.07) is 12.6. The molecule has 6 nitrogen and oxygen atoms in total. The van der Waals surface area contributed by atoms with E-state index in [1.165, 1.54) is 0 Å². The number of carbonyl (C=O) groups is 2. The number of aliphatic hydroxyl groups excluding tert-OH is 1. The van der Waals surface area contributed by atoms with Gasteiger partial charge in [0.05, 0.1) is 11.6 Å². The van der Waals surface area contributed by atoms with Crippen molar-refractivity contribution in [3.8, 4) is 5.75 Å². The number of aliphatic hydroxyl groups is 1. The normalized spacial score (nSPS) is 17.5. The zero-order valence-electron chi connectivity index (χ0n) is 23.0. The van der Waals surface area contributed by atoms with Gasteiger partial charge in [0.25, 0.3) is 11.7 Å². The van der Waals surface area contributed by atoms with E-state index in [9.17, 15) is 14.7 Å². The topological polar surface area (TPSA) is 70.1 Å². The number of carbonyl (C=O) groups excluding carboxylic acids is 2. The molecule has 0 aliphatic carbocycles. The molecule has 2 aromatic carbocycles. The Balaban J connectivity index is 2.10. The van der Waals surface area contributed by atoms with Crippen LogP contribution < -0.4 is 4.74 Å². The van der Waals surface area contributed by atoms with Crippen LogP contribution in [0.1, 0.15) is 62.9 Å². The van der Waals surface area contributed by atoms with Gasteiger partial charge in [0.2, 0.25) is 0 Å². The Morgan fingerprint density at radius 1 is 1.11 bits per heavy atom. The largest absolute Gasteiger partial charge is 0.507 e. The lowest BCUT2D eigenvalue weighted by atomic mass is 9.85. The monoisotopic (exact) mass is 504 g/mol. The van der Waals surface area contributed by atoms with Gasteiger partial charge < -0.3 is 19.6 Å². The number of Topliss-reactive ketones (excluding diaryl/α,β-unsaturated/α-hetero) is 1. The van der Waals surface area contributed by atoms with E-state index in [1.807, 2.05) is 31.2 Å². The average molecular weight is 505 g/mol. The highest BCUT2D eigenvalue weighted by atomic mass is 16.5. The van der Waals surface area contributed by atoms with Gasteiger partial charge >= 0.3 is 0 Å². The summed E-state index contributed by atoms with van der Waals surface area (Å²) >= 11 is 0. The molecule has 1 amide bonds. The highest BCUT2D eigenvalue weighted by molar-refractivity contribution is 6.46. The summed E-state index contributed by atoms with van der Waals surface area (Å²) in [5, 5.41) is 11.4. The first-order valence-corrected chi connectivity index (χ1v) is 13.0. The van der Waals surface area contributed by atoms with Gasteiger partial charge in [-0.25, -0.2) is 0 Å². The third-order valence-corrected chi connectivity index (χ3v) is 6.99. The maximum absolute atomic E-state index is 13.4. The fraction of sp³-hybridized carbons (Fsp3) is 0.419. The number of rotatable bonds is 10. The first kappa shape index (κ1) is 28.2. The van der Waals surface area contributed by atoms with Crippen LogP contribution in [0.2, 0.25) is 0 Å². The van der Waals surface area contributed by atoms with Crippen molar-refractivity contribution in [2.75, 3.05) is 32.8 Å². The van der Waals surface area contributed by atoms with Crippen LogP contribution in [0.15, 0.2) is 60.7 Å². The minimum Gasteiger partial charge on any atom is -0.507 e. The Morgan fingerprint density at radius 3 is 2.30 bits per heavy atom. The summed E-state index contributed by atoms with van der Waals surface area (Å²) < 4.78 is 5.66. The van der Waals surface area contributed by atoms with Crippen LogP contribution in [0.3, 0.4) is 0 Å². The Kier molecular flexibility index (Phi) is 8.98. The van der Waals surface area contributed by atoms with E-state index in [1.54, 1.807) is 29.2 Å². The minimum atomic E-state index is -0.665. The molecular formula is C31H40N2O4. The summed E-state index contributed by atoms with van der Waals surface area (Å²) in [5.41, 5.74) is 3.33. The van der Waals surface area contributed by atoms with E-state index < -0.39 is 17.7 Å². The Hall–Kier alpha value is -3.38. The number of likely N-dealkylation sites (tertiary alicyclic amines) is 1. The lowest BCUT2D eigenvalue weighted by molar-refractivity contribution is -0.140. The Labute approximate surface area is 221 Å². The highest BCUT2D eigenvalue weighted by Crippen LogP contribution is 2.40. The molecule has 0 unspecified atom stereocenters. The van der Waals surface area contributed by atoms with Gasteiger partial charge in [-0.3, -0.25) is 9.59 Å². The molecule has 1 heterocycles. The smallest absolute Gasteiger partial charge is 0.295 e.